The van der Waals surface area contributed by atoms with E-state index in [1.165, 1.54) is 12.1 Å². The highest BCUT2D eigenvalue weighted by atomic mass is 32.2. The lowest BCUT2D eigenvalue weighted by molar-refractivity contribution is 0.102. The van der Waals surface area contributed by atoms with Gasteiger partial charge in [0.15, 0.2) is 0 Å². The average Bonchev–Trinajstić information content (AvgIpc) is 3.32. The summed E-state index contributed by atoms with van der Waals surface area (Å²) in [7, 11) is -3.52. The van der Waals surface area contributed by atoms with Gasteiger partial charge in [0.05, 0.1) is 4.90 Å². The van der Waals surface area contributed by atoms with E-state index in [0.717, 1.165) is 12.8 Å². The summed E-state index contributed by atoms with van der Waals surface area (Å²) in [6.45, 7) is 0. The Morgan fingerprint density at radius 2 is 1.73 bits per heavy atom. The first kappa shape index (κ1) is 14.7. The molecule has 1 aliphatic carbocycles. The first-order chi connectivity index (χ1) is 10.5. The molecule has 2 N–H and O–H groups in total. The van der Waals surface area contributed by atoms with Crippen molar-refractivity contribution in [3.05, 3.63) is 60.2 Å². The Balaban J connectivity index is 1.78. The number of amides is 1. The fourth-order valence-electron chi connectivity index (χ4n) is 2.02. The van der Waals surface area contributed by atoms with Crippen LogP contribution in [0.4, 0.5) is 5.69 Å². The SMILES string of the molecule is O=C(Nc1cccc(S(=O)(=O)NC2CC2)c1)c1ccccc1. The van der Waals surface area contributed by atoms with E-state index in [1.54, 1.807) is 36.4 Å². The Morgan fingerprint density at radius 1 is 1.00 bits per heavy atom. The molecule has 0 atom stereocenters. The van der Waals surface area contributed by atoms with Crippen molar-refractivity contribution in [3.63, 3.8) is 0 Å². The maximum atomic E-state index is 12.2. The molecular formula is C16H16N2O3S. The van der Waals surface area contributed by atoms with Crippen LogP contribution in [0.15, 0.2) is 59.5 Å². The second-order valence-corrected chi connectivity index (χ2v) is 6.96. The largest absolute Gasteiger partial charge is 0.322 e. The molecule has 0 heterocycles. The average molecular weight is 316 g/mol. The summed E-state index contributed by atoms with van der Waals surface area (Å²) >= 11 is 0. The van der Waals surface area contributed by atoms with E-state index in [2.05, 4.69) is 10.0 Å². The zero-order valence-electron chi connectivity index (χ0n) is 11.8. The van der Waals surface area contributed by atoms with E-state index >= 15 is 0 Å². The predicted molar refractivity (Wildman–Crippen MR) is 84.2 cm³/mol. The number of nitrogens with one attached hydrogen (secondary N) is 2. The van der Waals surface area contributed by atoms with Gasteiger partial charge in [-0.1, -0.05) is 24.3 Å². The molecule has 1 amide bonds. The van der Waals surface area contributed by atoms with Gasteiger partial charge >= 0.3 is 0 Å². The molecule has 0 radical (unpaired) electrons. The van der Waals surface area contributed by atoms with E-state index < -0.39 is 10.0 Å². The first-order valence-electron chi connectivity index (χ1n) is 7.03. The van der Waals surface area contributed by atoms with Gasteiger partial charge in [0, 0.05) is 17.3 Å². The summed E-state index contributed by atoms with van der Waals surface area (Å²) in [6.07, 6.45) is 1.76. The van der Waals surface area contributed by atoms with Gasteiger partial charge in [0.25, 0.3) is 5.91 Å². The fourth-order valence-corrected chi connectivity index (χ4v) is 3.37. The lowest BCUT2D eigenvalue weighted by Crippen LogP contribution is -2.25. The van der Waals surface area contributed by atoms with Crippen LogP contribution in [-0.4, -0.2) is 20.4 Å². The van der Waals surface area contributed by atoms with Gasteiger partial charge in [0.1, 0.15) is 0 Å². The van der Waals surface area contributed by atoms with Gasteiger partial charge in [-0.25, -0.2) is 13.1 Å². The van der Waals surface area contributed by atoms with Crippen LogP contribution in [0.5, 0.6) is 0 Å². The van der Waals surface area contributed by atoms with E-state index in [0.29, 0.717) is 11.3 Å². The molecule has 0 aliphatic heterocycles. The number of carbonyl (C=O) groups excluding carboxylic acids is 1. The van der Waals surface area contributed by atoms with E-state index in [1.807, 2.05) is 6.07 Å². The van der Waals surface area contributed by atoms with Gasteiger partial charge in [0.2, 0.25) is 10.0 Å². The molecule has 22 heavy (non-hydrogen) atoms. The maximum Gasteiger partial charge on any atom is 0.255 e. The maximum absolute atomic E-state index is 12.2. The molecule has 1 fully saturated rings. The van der Waals surface area contributed by atoms with Crippen LogP contribution in [0.2, 0.25) is 0 Å². The molecule has 6 heteroatoms. The zero-order valence-corrected chi connectivity index (χ0v) is 12.6. The highest BCUT2D eigenvalue weighted by Gasteiger charge is 2.28. The van der Waals surface area contributed by atoms with Crippen molar-refractivity contribution in [2.45, 2.75) is 23.8 Å². The van der Waals surface area contributed by atoms with Gasteiger partial charge in [-0.15, -0.1) is 0 Å². The van der Waals surface area contributed by atoms with Crippen LogP contribution < -0.4 is 10.0 Å². The zero-order chi connectivity index (χ0) is 15.6. The number of benzene rings is 2. The Bertz CT molecular complexity index is 784. The van der Waals surface area contributed by atoms with Crippen molar-refractivity contribution in [1.29, 1.82) is 0 Å². The number of carbonyl (C=O) groups is 1. The lowest BCUT2D eigenvalue weighted by atomic mass is 10.2. The second kappa shape index (κ2) is 5.90. The Kier molecular flexibility index (Phi) is 3.96. The van der Waals surface area contributed by atoms with Crippen molar-refractivity contribution in [2.24, 2.45) is 0 Å². The minimum atomic E-state index is -3.52. The smallest absolute Gasteiger partial charge is 0.255 e. The predicted octanol–water partition coefficient (Wildman–Crippen LogP) is 2.38. The minimum absolute atomic E-state index is 0.0487. The molecule has 3 rings (SSSR count). The molecular weight excluding hydrogens is 300 g/mol. The lowest BCUT2D eigenvalue weighted by Gasteiger charge is -2.09. The fraction of sp³-hybridized carbons (Fsp3) is 0.188. The second-order valence-electron chi connectivity index (χ2n) is 5.24. The van der Waals surface area contributed by atoms with Crippen LogP contribution in [-0.2, 0) is 10.0 Å². The van der Waals surface area contributed by atoms with Crippen LogP contribution in [0.25, 0.3) is 0 Å². The van der Waals surface area contributed by atoms with E-state index in [-0.39, 0.29) is 16.8 Å². The van der Waals surface area contributed by atoms with Crippen molar-refractivity contribution in [1.82, 2.24) is 4.72 Å². The standard InChI is InChI=1S/C16H16N2O3S/c19-16(12-5-2-1-3-6-12)17-14-7-4-8-15(11-14)22(20,21)18-13-9-10-13/h1-8,11,13,18H,9-10H2,(H,17,19). The summed E-state index contributed by atoms with van der Waals surface area (Å²) in [6, 6.07) is 15.1. The third-order valence-corrected chi connectivity index (χ3v) is 4.86. The normalized spacial score (nSPS) is 14.5. The summed E-state index contributed by atoms with van der Waals surface area (Å²) in [4.78, 5) is 12.2. The molecule has 5 nitrogen and oxygen atoms in total. The third-order valence-electron chi connectivity index (χ3n) is 3.34. The number of hydrogen-bond donors (Lipinski definition) is 2. The Hall–Kier alpha value is -2.18. The number of rotatable bonds is 5. The molecule has 0 bridgehead atoms. The number of anilines is 1. The van der Waals surface area contributed by atoms with Crippen molar-refractivity contribution >= 4 is 21.6 Å². The third kappa shape index (κ3) is 3.52. The quantitative estimate of drug-likeness (QED) is 0.889. The molecule has 0 spiro atoms. The summed E-state index contributed by atoms with van der Waals surface area (Å²) in [5.41, 5.74) is 0.972. The van der Waals surface area contributed by atoms with Crippen molar-refractivity contribution in [2.75, 3.05) is 5.32 Å². The summed E-state index contributed by atoms with van der Waals surface area (Å²) in [5, 5.41) is 2.71. The van der Waals surface area contributed by atoms with Gasteiger partial charge < -0.3 is 5.32 Å². The Labute approximate surface area is 129 Å². The summed E-state index contributed by atoms with van der Waals surface area (Å²) < 4.78 is 27.0. The van der Waals surface area contributed by atoms with E-state index in [9.17, 15) is 13.2 Å². The van der Waals surface area contributed by atoms with Crippen LogP contribution in [0, 0.1) is 0 Å². The van der Waals surface area contributed by atoms with Gasteiger partial charge in [-0.3, -0.25) is 4.79 Å². The minimum Gasteiger partial charge on any atom is -0.322 e. The van der Waals surface area contributed by atoms with Gasteiger partial charge in [-0.05, 0) is 43.2 Å². The molecule has 114 valence electrons. The first-order valence-corrected chi connectivity index (χ1v) is 8.52. The molecule has 0 saturated heterocycles. The van der Waals surface area contributed by atoms with Crippen LogP contribution in [0.1, 0.15) is 23.2 Å². The molecule has 1 saturated carbocycles. The van der Waals surface area contributed by atoms with Crippen LogP contribution >= 0.6 is 0 Å². The van der Waals surface area contributed by atoms with Crippen LogP contribution in [0.3, 0.4) is 0 Å². The molecule has 1 aliphatic rings. The monoisotopic (exact) mass is 316 g/mol. The highest BCUT2D eigenvalue weighted by molar-refractivity contribution is 7.89. The number of sulfonamides is 1. The molecule has 2 aromatic carbocycles. The van der Waals surface area contributed by atoms with Crippen molar-refractivity contribution < 1.29 is 13.2 Å². The molecule has 2 aromatic rings. The number of hydrogen-bond acceptors (Lipinski definition) is 3. The Morgan fingerprint density at radius 3 is 2.41 bits per heavy atom. The van der Waals surface area contributed by atoms with Gasteiger partial charge in [-0.2, -0.15) is 0 Å². The molecule has 0 aromatic heterocycles. The molecule has 0 unspecified atom stereocenters. The highest BCUT2D eigenvalue weighted by Crippen LogP contribution is 2.23. The summed E-state index contributed by atoms with van der Waals surface area (Å²) in [5.74, 6) is -0.273. The topological polar surface area (TPSA) is 75.3 Å². The van der Waals surface area contributed by atoms with Crippen molar-refractivity contribution in [3.8, 4) is 0 Å². The van der Waals surface area contributed by atoms with E-state index in [4.69, 9.17) is 0 Å².